The van der Waals surface area contributed by atoms with Crippen LogP contribution in [0.5, 0.6) is 0 Å². The fourth-order valence-electron chi connectivity index (χ4n) is 5.69. The van der Waals surface area contributed by atoms with Crippen molar-refractivity contribution in [2.24, 2.45) is 0 Å². The Balaban J connectivity index is 1.49. The zero-order valence-electron chi connectivity index (χ0n) is 32.5. The molecule has 8 heterocycles. The van der Waals surface area contributed by atoms with Crippen LogP contribution < -0.4 is 0 Å². The average Bonchev–Trinajstić information content (AvgIpc) is 4.20. The summed E-state index contributed by atoms with van der Waals surface area (Å²) in [6, 6.07) is 16.4. The number of nitriles is 8. The van der Waals surface area contributed by atoms with Crippen LogP contribution in [0.4, 0.5) is 0 Å². The predicted octanol–water partition coefficient (Wildman–Crippen LogP) is 17.4. The van der Waals surface area contributed by atoms with Crippen molar-refractivity contribution in [3.63, 3.8) is 0 Å². The van der Waals surface area contributed by atoms with Crippen LogP contribution in [0.1, 0.15) is 0 Å². The zero-order valence-corrected chi connectivity index (χ0v) is 45.6. The zero-order chi connectivity index (χ0) is 46.9. The van der Waals surface area contributed by atoms with Gasteiger partial charge in [0.25, 0.3) is 0 Å². The minimum absolute atomic E-state index is 0.0340. The quantitative estimate of drug-likeness (QED) is 0.127. The van der Waals surface area contributed by atoms with Crippen molar-refractivity contribution in [3.05, 3.63) is 180 Å². The molecule has 8 rings (SSSR count). The molecule has 0 saturated carbocycles. The van der Waals surface area contributed by atoms with E-state index in [1.807, 2.05) is 78.4 Å². The first-order valence-corrected chi connectivity index (χ1v) is 31.5. The lowest BCUT2D eigenvalue weighted by Crippen LogP contribution is -2.06. The molecule has 8 aliphatic rings. The van der Waals surface area contributed by atoms with Crippen LogP contribution in [0, 0.1) is 90.6 Å². The summed E-state index contributed by atoms with van der Waals surface area (Å²) < 4.78 is 7.50. The van der Waals surface area contributed by atoms with E-state index >= 15 is 0 Å². The van der Waals surface area contributed by atoms with Crippen LogP contribution in [0.15, 0.2) is 180 Å². The molecular formula is C43H12N8S16. The van der Waals surface area contributed by atoms with Gasteiger partial charge in [0.2, 0.25) is 0 Å². The molecule has 0 saturated heterocycles. The van der Waals surface area contributed by atoms with Crippen molar-refractivity contribution in [2.75, 3.05) is 0 Å². The maximum Gasteiger partial charge on any atom is 0.138 e. The number of thioether (sulfide) groups is 16. The van der Waals surface area contributed by atoms with Gasteiger partial charge >= 0.3 is 0 Å². The normalized spacial score (nSPS) is 18.4. The summed E-state index contributed by atoms with van der Waals surface area (Å²) in [6.45, 7) is 0. The first kappa shape index (κ1) is 50.3. The molecule has 67 heavy (non-hydrogen) atoms. The van der Waals surface area contributed by atoms with Crippen LogP contribution in [0.25, 0.3) is 0 Å². The highest BCUT2D eigenvalue weighted by Gasteiger charge is 2.36. The number of hydrogen-bond donors (Lipinski definition) is 0. The third-order valence-electron chi connectivity index (χ3n) is 8.32. The van der Waals surface area contributed by atoms with Gasteiger partial charge in [-0.2, -0.15) is 42.1 Å². The van der Waals surface area contributed by atoms with Crippen molar-refractivity contribution < 1.29 is 0 Å². The van der Waals surface area contributed by atoms with Crippen LogP contribution in [0.2, 0.25) is 0 Å². The van der Waals surface area contributed by atoms with Gasteiger partial charge in [-0.25, -0.2) is 0 Å². The second kappa shape index (κ2) is 24.1. The summed E-state index contributed by atoms with van der Waals surface area (Å²) in [5.41, 5.74) is 2.17. The van der Waals surface area contributed by atoms with Gasteiger partial charge in [0.05, 0.1) is 33.9 Å². The summed E-state index contributed by atoms with van der Waals surface area (Å²) in [7, 11) is 0. The highest BCUT2D eigenvalue weighted by atomic mass is 32.2. The predicted molar refractivity (Wildman–Crippen MR) is 302 cm³/mol. The Morgan fingerprint density at radius 1 is 0.284 bits per heavy atom. The van der Waals surface area contributed by atoms with Gasteiger partial charge in [0.1, 0.15) is 70.8 Å². The Hall–Kier alpha value is -3.12. The summed E-state index contributed by atoms with van der Waals surface area (Å²) in [4.78, 5) is 1.88. The van der Waals surface area contributed by atoms with E-state index in [4.69, 9.17) is 0 Å². The Labute approximate surface area is 453 Å². The molecule has 0 aromatic rings. The molecule has 0 aromatic heterocycles. The van der Waals surface area contributed by atoms with Crippen molar-refractivity contribution in [1.82, 2.24) is 0 Å². The Morgan fingerprint density at radius 3 is 0.776 bits per heavy atom. The molecule has 0 atom stereocenters. The number of rotatable bonds is 8. The molecule has 0 spiro atoms. The third kappa shape index (κ3) is 11.1. The van der Waals surface area contributed by atoms with Crippen molar-refractivity contribution in [3.8, 4) is 48.6 Å². The lowest BCUT2D eigenvalue weighted by Gasteiger charge is -2.19. The van der Waals surface area contributed by atoms with Crippen molar-refractivity contribution in [1.29, 1.82) is 42.1 Å². The summed E-state index contributed by atoms with van der Waals surface area (Å²) in [5.74, 6) is 0. The third-order valence-corrected chi connectivity index (χ3v) is 28.5. The van der Waals surface area contributed by atoms with Gasteiger partial charge in [0, 0.05) is 53.1 Å². The summed E-state index contributed by atoms with van der Waals surface area (Å²) in [6.07, 6.45) is 0. The van der Waals surface area contributed by atoms with E-state index in [1.54, 1.807) is 10.8 Å². The van der Waals surface area contributed by atoms with Gasteiger partial charge in [0.15, 0.2) is 0 Å². The monoisotopic (exact) mass is 1150 g/mol. The second-order valence-corrected chi connectivity index (χ2v) is 29.0. The van der Waals surface area contributed by atoms with E-state index in [0.717, 1.165) is 33.9 Å². The van der Waals surface area contributed by atoms with Crippen molar-refractivity contribution in [2.45, 2.75) is 0 Å². The van der Waals surface area contributed by atoms with Crippen LogP contribution in [0.3, 0.4) is 0 Å². The molecule has 0 bridgehead atoms. The van der Waals surface area contributed by atoms with Gasteiger partial charge in [-0.15, -0.1) is 5.73 Å². The lowest BCUT2D eigenvalue weighted by molar-refractivity contribution is 1.32. The highest BCUT2D eigenvalue weighted by Crippen LogP contribution is 2.62. The van der Waals surface area contributed by atoms with Gasteiger partial charge in [-0.3, -0.25) is 0 Å². The maximum atomic E-state index is 10.9. The van der Waals surface area contributed by atoms with E-state index in [9.17, 15) is 42.1 Å². The van der Waals surface area contributed by atoms with Gasteiger partial charge in [-0.05, 0) is 64.9 Å². The SMILES string of the molecule is N#CC(C#N)=C(C(=C=C(C1=CSC(=C2SC=CS2)S1)C(=C(C#N)C#N)C(C1=CSC(=C2SC=CS2)S1)=C(C#N)C#N)C1=CSC(=C2SC=CS2)S1)C(C1=CSC(=C2SC=CS2)S1)=C(C#N)C#N. The van der Waals surface area contributed by atoms with Gasteiger partial charge < -0.3 is 0 Å². The molecule has 0 fully saturated rings. The smallest absolute Gasteiger partial charge is 0.138 e. The lowest BCUT2D eigenvalue weighted by atomic mass is 9.87. The Morgan fingerprint density at radius 2 is 0.522 bits per heavy atom. The van der Waals surface area contributed by atoms with Crippen LogP contribution in [-0.4, -0.2) is 0 Å². The summed E-state index contributed by atoms with van der Waals surface area (Å²) >= 11 is 23.2. The molecule has 8 nitrogen and oxygen atoms in total. The Kier molecular flexibility index (Phi) is 18.1. The minimum atomic E-state index is -0.425. The number of nitrogens with zero attached hydrogens (tertiary/aromatic N) is 8. The van der Waals surface area contributed by atoms with E-state index in [1.165, 1.54) is 188 Å². The molecule has 0 amide bonds. The largest absolute Gasteiger partial charge is 0.192 e. The topological polar surface area (TPSA) is 190 Å². The molecule has 0 N–H and O–H groups in total. The van der Waals surface area contributed by atoms with Gasteiger partial charge in [-0.1, -0.05) is 188 Å². The second-order valence-electron chi connectivity index (χ2n) is 11.9. The van der Waals surface area contributed by atoms with Crippen LogP contribution >= 0.6 is 188 Å². The molecule has 320 valence electrons. The van der Waals surface area contributed by atoms with E-state index in [2.05, 4.69) is 30.0 Å². The maximum absolute atomic E-state index is 10.9. The Bertz CT molecular complexity index is 2990. The van der Waals surface area contributed by atoms with Crippen LogP contribution in [-0.2, 0) is 0 Å². The van der Waals surface area contributed by atoms with E-state index in [-0.39, 0.29) is 44.6 Å². The molecule has 8 aliphatic heterocycles. The van der Waals surface area contributed by atoms with E-state index < -0.39 is 11.1 Å². The number of allylic oxidation sites excluding steroid dienone is 10. The van der Waals surface area contributed by atoms with E-state index in [0.29, 0.717) is 19.6 Å². The molecule has 0 aromatic carbocycles. The minimum Gasteiger partial charge on any atom is -0.192 e. The standard InChI is InChI=1S/C43H12N8S16/c44-10-22(11-45)32(34(24(14-48)15-49)30-20-62-42(66-30)38-56-5-6-57-38)26(28-18-60-40(64-28)36-52-1-2-53-36)9-27(29-19-61-41(65-29)37-54-3-4-55-37)33(23(12-46)13-47)35(25(16-50)17-51)31-21-63-43(67-31)39-58-7-8-59-39/h1-8,18-21H. The molecule has 0 radical (unpaired) electrons. The molecule has 0 aliphatic carbocycles. The van der Waals surface area contributed by atoms with Crippen molar-refractivity contribution >= 4 is 188 Å². The average molecular weight is 1150 g/mol. The molecular weight excluding hydrogens is 1140 g/mol. The molecule has 24 heteroatoms. The molecule has 0 unspecified atom stereocenters. The fourth-order valence-corrected chi connectivity index (χ4v) is 23.7. The highest BCUT2D eigenvalue weighted by molar-refractivity contribution is 8.35. The fraction of sp³-hybridized carbons (Fsp3) is 0. The first-order chi connectivity index (χ1) is 32.9. The first-order valence-electron chi connectivity index (χ1n) is 17.7. The number of hydrogen-bond acceptors (Lipinski definition) is 24. The summed E-state index contributed by atoms with van der Waals surface area (Å²) in [5, 5.41) is 109.